The Morgan fingerprint density at radius 2 is 1.69 bits per heavy atom. The third-order valence-electron chi connectivity index (χ3n) is 6.15. The van der Waals surface area contributed by atoms with Crippen LogP contribution in [0, 0.1) is 6.92 Å². The molecule has 7 nitrogen and oxygen atoms in total. The van der Waals surface area contributed by atoms with Gasteiger partial charge in [-0.25, -0.2) is 8.42 Å². The van der Waals surface area contributed by atoms with Gasteiger partial charge in [0.25, 0.3) is 0 Å². The number of nitrogens with one attached hydrogen (secondary N) is 1. The third-order valence-corrected chi connectivity index (χ3v) is 7.27. The Hall–Kier alpha value is -3.39. The summed E-state index contributed by atoms with van der Waals surface area (Å²) < 4.78 is 26.9. The van der Waals surface area contributed by atoms with Crippen molar-refractivity contribution in [3.8, 4) is 0 Å². The van der Waals surface area contributed by atoms with Crippen LogP contribution >= 0.6 is 0 Å². The second-order valence-electron chi connectivity index (χ2n) is 9.10. The minimum atomic E-state index is -3.80. The Balaban J connectivity index is 1.96. The van der Waals surface area contributed by atoms with E-state index < -0.39 is 28.5 Å². The molecule has 1 atom stereocenters. The number of unbranched alkanes of at least 4 members (excludes halogenated alkanes) is 1. The van der Waals surface area contributed by atoms with Crippen LogP contribution in [-0.4, -0.2) is 50.5 Å². The van der Waals surface area contributed by atoms with Gasteiger partial charge in [-0.2, -0.15) is 0 Å². The van der Waals surface area contributed by atoms with Gasteiger partial charge in [0.15, 0.2) is 0 Å². The number of nitrogens with zero attached hydrogens (tertiary/aromatic N) is 2. The van der Waals surface area contributed by atoms with Crippen LogP contribution in [0.2, 0.25) is 0 Å². The number of rotatable bonds is 11. The lowest BCUT2D eigenvalue weighted by Crippen LogP contribution is -2.51. The highest BCUT2D eigenvalue weighted by Gasteiger charge is 2.30. The Morgan fingerprint density at radius 3 is 2.39 bits per heavy atom. The molecular weight excluding hydrogens is 474 g/mol. The summed E-state index contributed by atoms with van der Waals surface area (Å²) in [4.78, 5) is 28.1. The first-order valence-corrected chi connectivity index (χ1v) is 14.0. The van der Waals surface area contributed by atoms with E-state index in [0.29, 0.717) is 12.2 Å². The van der Waals surface area contributed by atoms with Crippen molar-refractivity contribution in [1.82, 2.24) is 10.2 Å². The smallest absolute Gasteiger partial charge is 0.244 e. The van der Waals surface area contributed by atoms with Crippen molar-refractivity contribution < 1.29 is 18.0 Å². The van der Waals surface area contributed by atoms with E-state index in [-0.39, 0.29) is 12.5 Å². The maximum absolute atomic E-state index is 13.7. The summed E-state index contributed by atoms with van der Waals surface area (Å²) in [6, 6.07) is 19.8. The molecule has 3 aromatic rings. The van der Waals surface area contributed by atoms with Crippen molar-refractivity contribution in [3.05, 3.63) is 77.9 Å². The van der Waals surface area contributed by atoms with Crippen LogP contribution in [0.25, 0.3) is 10.8 Å². The van der Waals surface area contributed by atoms with Crippen LogP contribution in [0.15, 0.2) is 66.7 Å². The summed E-state index contributed by atoms with van der Waals surface area (Å²) in [5.74, 6) is -0.714. The normalized spacial score (nSPS) is 12.2. The van der Waals surface area contributed by atoms with Crippen LogP contribution in [0.4, 0.5) is 5.69 Å². The highest BCUT2D eigenvalue weighted by Crippen LogP contribution is 2.28. The molecule has 0 aliphatic rings. The summed E-state index contributed by atoms with van der Waals surface area (Å²) in [6.07, 6.45) is 2.87. The zero-order valence-electron chi connectivity index (χ0n) is 21.4. The molecule has 2 amide bonds. The average Bonchev–Trinajstić information content (AvgIpc) is 2.84. The van der Waals surface area contributed by atoms with Gasteiger partial charge in [-0.15, -0.1) is 0 Å². The molecule has 1 N–H and O–H groups in total. The molecule has 0 spiro atoms. The fourth-order valence-corrected chi connectivity index (χ4v) is 5.01. The largest absolute Gasteiger partial charge is 0.354 e. The monoisotopic (exact) mass is 509 g/mol. The van der Waals surface area contributed by atoms with Crippen molar-refractivity contribution in [3.63, 3.8) is 0 Å². The fraction of sp³-hybridized carbons (Fsp3) is 0.357. The van der Waals surface area contributed by atoms with Gasteiger partial charge in [0.2, 0.25) is 21.8 Å². The second kappa shape index (κ2) is 12.0. The van der Waals surface area contributed by atoms with Gasteiger partial charge < -0.3 is 10.2 Å². The number of anilines is 1. The third kappa shape index (κ3) is 6.85. The summed E-state index contributed by atoms with van der Waals surface area (Å²) >= 11 is 0. The van der Waals surface area contributed by atoms with Crippen LogP contribution in [0.1, 0.15) is 37.8 Å². The minimum Gasteiger partial charge on any atom is -0.354 e. The predicted octanol–water partition coefficient (Wildman–Crippen LogP) is 4.25. The summed E-state index contributed by atoms with van der Waals surface area (Å²) in [5.41, 5.74) is 2.33. The molecule has 0 aliphatic heterocycles. The molecule has 0 saturated heterocycles. The molecule has 0 bridgehead atoms. The van der Waals surface area contributed by atoms with Crippen molar-refractivity contribution in [1.29, 1.82) is 0 Å². The van der Waals surface area contributed by atoms with Gasteiger partial charge in [-0.3, -0.25) is 13.9 Å². The quantitative estimate of drug-likeness (QED) is 0.392. The van der Waals surface area contributed by atoms with E-state index in [9.17, 15) is 18.0 Å². The lowest BCUT2D eigenvalue weighted by atomic mass is 10.1. The maximum atomic E-state index is 13.7. The number of aryl methyl sites for hydroxylation is 1. The van der Waals surface area contributed by atoms with E-state index in [1.54, 1.807) is 19.1 Å². The van der Waals surface area contributed by atoms with Crippen LogP contribution in [-0.2, 0) is 26.2 Å². The Kier molecular flexibility index (Phi) is 9.09. The zero-order valence-corrected chi connectivity index (χ0v) is 22.2. The second-order valence-corrected chi connectivity index (χ2v) is 11.0. The molecule has 8 heteroatoms. The predicted molar refractivity (Wildman–Crippen MR) is 145 cm³/mol. The van der Waals surface area contributed by atoms with E-state index in [4.69, 9.17) is 0 Å². The number of sulfonamides is 1. The molecular formula is C28H35N3O4S. The number of hydrogen-bond donors (Lipinski definition) is 1. The first-order valence-electron chi connectivity index (χ1n) is 12.2. The van der Waals surface area contributed by atoms with Crippen LogP contribution in [0.5, 0.6) is 0 Å². The molecule has 0 fully saturated rings. The lowest BCUT2D eigenvalue weighted by molar-refractivity contribution is -0.139. The molecule has 0 saturated carbocycles. The number of benzene rings is 3. The number of hydrogen-bond acceptors (Lipinski definition) is 4. The topological polar surface area (TPSA) is 86.8 Å². The van der Waals surface area contributed by atoms with Gasteiger partial charge in [0.05, 0.1) is 11.9 Å². The first-order chi connectivity index (χ1) is 17.1. The number of amides is 2. The SMILES string of the molecule is CCCCNC(=O)[C@H](C)N(Cc1cccc(C)c1)C(=O)CN(c1cccc2ccccc12)S(C)(=O)=O. The van der Waals surface area contributed by atoms with Gasteiger partial charge >= 0.3 is 0 Å². The molecule has 3 rings (SSSR count). The van der Waals surface area contributed by atoms with E-state index in [2.05, 4.69) is 5.32 Å². The molecule has 0 radical (unpaired) electrons. The van der Waals surface area contributed by atoms with Crippen LogP contribution in [0.3, 0.4) is 0 Å². The zero-order chi connectivity index (χ0) is 26.3. The number of fused-ring (bicyclic) bond motifs is 1. The van der Waals surface area contributed by atoms with Crippen molar-refractivity contribution in [2.24, 2.45) is 0 Å². The fourth-order valence-electron chi connectivity index (χ4n) is 4.15. The maximum Gasteiger partial charge on any atom is 0.244 e. The van der Waals surface area contributed by atoms with Crippen molar-refractivity contribution in [2.45, 2.75) is 46.2 Å². The van der Waals surface area contributed by atoms with Crippen LogP contribution < -0.4 is 9.62 Å². The number of carbonyl (C=O) groups is 2. The Bertz CT molecular complexity index is 1320. The van der Waals surface area contributed by atoms with Crippen molar-refractivity contribution in [2.75, 3.05) is 23.7 Å². The molecule has 3 aromatic carbocycles. The lowest BCUT2D eigenvalue weighted by Gasteiger charge is -2.32. The summed E-state index contributed by atoms with van der Waals surface area (Å²) in [7, 11) is -3.80. The standard InChI is InChI=1S/C28H35N3O4S/c1-5-6-17-29-28(33)22(3)30(19-23-12-9-11-21(2)18-23)27(32)20-31(36(4,34)35)26-16-10-14-24-13-7-8-15-25(24)26/h7-16,18,22H,5-6,17,19-20H2,1-4H3,(H,29,33)/t22-/m0/s1. The van der Waals surface area contributed by atoms with Crippen molar-refractivity contribution >= 4 is 38.3 Å². The summed E-state index contributed by atoms with van der Waals surface area (Å²) in [5, 5.41) is 4.49. The van der Waals surface area contributed by atoms with Gasteiger partial charge in [-0.05, 0) is 37.3 Å². The molecule has 0 aromatic heterocycles. The molecule has 192 valence electrons. The first kappa shape index (κ1) is 27.2. The van der Waals surface area contributed by atoms with E-state index in [1.807, 2.05) is 68.4 Å². The van der Waals surface area contributed by atoms with E-state index in [1.165, 1.54) is 4.90 Å². The minimum absolute atomic E-state index is 0.190. The average molecular weight is 510 g/mol. The molecule has 0 aliphatic carbocycles. The van der Waals surface area contributed by atoms with E-state index in [0.717, 1.165) is 45.3 Å². The highest BCUT2D eigenvalue weighted by molar-refractivity contribution is 7.92. The highest BCUT2D eigenvalue weighted by atomic mass is 32.2. The number of carbonyl (C=O) groups excluding carboxylic acids is 2. The molecule has 36 heavy (non-hydrogen) atoms. The Labute approximate surface area is 214 Å². The van der Waals surface area contributed by atoms with E-state index >= 15 is 0 Å². The Morgan fingerprint density at radius 1 is 1.00 bits per heavy atom. The molecule has 0 heterocycles. The summed E-state index contributed by atoms with van der Waals surface area (Å²) in [6.45, 7) is 5.98. The molecule has 0 unspecified atom stereocenters. The van der Waals surface area contributed by atoms with Gasteiger partial charge in [0.1, 0.15) is 12.6 Å². The van der Waals surface area contributed by atoms with Gasteiger partial charge in [0, 0.05) is 18.5 Å². The van der Waals surface area contributed by atoms with Gasteiger partial charge in [-0.1, -0.05) is 79.6 Å².